The van der Waals surface area contributed by atoms with Gasteiger partial charge in [0.1, 0.15) is 13.2 Å². The lowest BCUT2D eigenvalue weighted by Gasteiger charge is -2.18. The van der Waals surface area contributed by atoms with Gasteiger partial charge in [-0.2, -0.15) is 0 Å². The highest BCUT2D eigenvalue weighted by Crippen LogP contribution is 2.17. The van der Waals surface area contributed by atoms with Crippen LogP contribution in [0.4, 0.5) is 0 Å². The van der Waals surface area contributed by atoms with E-state index in [1.54, 1.807) is 0 Å². The predicted molar refractivity (Wildman–Crippen MR) is 247 cm³/mol. The van der Waals surface area contributed by atoms with Crippen molar-refractivity contribution in [2.24, 2.45) is 0 Å². The first kappa shape index (κ1) is 56.4. The zero-order valence-corrected chi connectivity index (χ0v) is 39.3. The lowest BCUT2D eigenvalue weighted by atomic mass is 10.0. The molecule has 0 bridgehead atoms. The molecule has 0 radical (unpaired) electrons. The standard InChI is InChI=1S/C52H100O6/c1-4-7-10-13-16-19-22-25-27-30-33-36-39-42-45-51(54)57-48-49(47-56-50(53)44-41-38-35-32-29-24-21-18-15-12-9-6-3)58-52(55)46-43-40-37-34-31-28-26-23-20-17-14-11-8-5-2/h49H,4-48H2,1-3H3/t49-/m1/s1. The van der Waals surface area contributed by atoms with E-state index in [1.165, 1.54) is 199 Å². The summed E-state index contributed by atoms with van der Waals surface area (Å²) in [5.41, 5.74) is 0. The average Bonchev–Trinajstić information content (AvgIpc) is 3.22. The number of unbranched alkanes of at least 4 members (excludes halogenated alkanes) is 37. The van der Waals surface area contributed by atoms with Crippen molar-refractivity contribution in [1.82, 2.24) is 0 Å². The maximum atomic E-state index is 12.8. The van der Waals surface area contributed by atoms with Crippen molar-refractivity contribution in [2.45, 2.75) is 303 Å². The number of esters is 3. The maximum absolute atomic E-state index is 12.8. The summed E-state index contributed by atoms with van der Waals surface area (Å²) in [6.45, 7) is 6.68. The van der Waals surface area contributed by atoms with Crippen LogP contribution in [-0.2, 0) is 28.6 Å². The molecule has 0 saturated heterocycles. The third-order valence-corrected chi connectivity index (χ3v) is 11.9. The third kappa shape index (κ3) is 45.5. The largest absolute Gasteiger partial charge is 0.462 e. The van der Waals surface area contributed by atoms with Gasteiger partial charge in [-0.15, -0.1) is 0 Å². The molecule has 0 aliphatic carbocycles. The van der Waals surface area contributed by atoms with E-state index in [2.05, 4.69) is 20.8 Å². The summed E-state index contributed by atoms with van der Waals surface area (Å²) in [6.07, 6.45) is 50.8. The quantitative estimate of drug-likeness (QED) is 0.0346. The second kappa shape index (κ2) is 48.1. The van der Waals surface area contributed by atoms with Gasteiger partial charge in [0.2, 0.25) is 0 Å². The predicted octanol–water partition coefficient (Wildman–Crippen LogP) is 16.8. The molecule has 0 aromatic heterocycles. The van der Waals surface area contributed by atoms with E-state index in [0.29, 0.717) is 19.3 Å². The molecule has 0 rings (SSSR count). The fraction of sp³-hybridized carbons (Fsp3) is 0.942. The van der Waals surface area contributed by atoms with Gasteiger partial charge < -0.3 is 14.2 Å². The molecule has 0 aromatic rings. The highest BCUT2D eigenvalue weighted by Gasteiger charge is 2.19. The van der Waals surface area contributed by atoms with Crippen LogP contribution in [0.2, 0.25) is 0 Å². The minimum Gasteiger partial charge on any atom is -0.462 e. The van der Waals surface area contributed by atoms with Gasteiger partial charge in [-0.25, -0.2) is 0 Å². The van der Waals surface area contributed by atoms with E-state index in [0.717, 1.165) is 57.8 Å². The van der Waals surface area contributed by atoms with Crippen molar-refractivity contribution in [1.29, 1.82) is 0 Å². The van der Waals surface area contributed by atoms with E-state index >= 15 is 0 Å². The molecule has 0 N–H and O–H groups in total. The van der Waals surface area contributed by atoms with Gasteiger partial charge in [0, 0.05) is 19.3 Å². The summed E-state index contributed by atoms with van der Waals surface area (Å²) >= 11 is 0. The minimum atomic E-state index is -0.759. The number of hydrogen-bond acceptors (Lipinski definition) is 6. The molecule has 0 aromatic carbocycles. The summed E-state index contributed by atoms with van der Waals surface area (Å²) < 4.78 is 16.8. The van der Waals surface area contributed by atoms with Crippen molar-refractivity contribution < 1.29 is 28.6 Å². The second-order valence-electron chi connectivity index (χ2n) is 17.8. The molecule has 0 unspecified atom stereocenters. The molecule has 0 fully saturated rings. The van der Waals surface area contributed by atoms with Crippen molar-refractivity contribution in [3.63, 3.8) is 0 Å². The highest BCUT2D eigenvalue weighted by atomic mass is 16.6. The Balaban J connectivity index is 4.30. The fourth-order valence-electron chi connectivity index (χ4n) is 7.92. The highest BCUT2D eigenvalue weighted by molar-refractivity contribution is 5.71. The first-order chi connectivity index (χ1) is 28.5. The molecule has 6 heteroatoms. The van der Waals surface area contributed by atoms with Crippen LogP contribution in [0.3, 0.4) is 0 Å². The Hall–Kier alpha value is -1.59. The summed E-state index contributed by atoms with van der Waals surface area (Å²) in [4.78, 5) is 37.9. The van der Waals surface area contributed by atoms with Crippen LogP contribution in [0.25, 0.3) is 0 Å². The molecule has 58 heavy (non-hydrogen) atoms. The number of carbonyl (C=O) groups is 3. The van der Waals surface area contributed by atoms with Crippen LogP contribution in [0.15, 0.2) is 0 Å². The van der Waals surface area contributed by atoms with E-state index in [9.17, 15) is 14.4 Å². The van der Waals surface area contributed by atoms with Gasteiger partial charge in [-0.1, -0.05) is 258 Å². The topological polar surface area (TPSA) is 78.9 Å². The third-order valence-electron chi connectivity index (χ3n) is 11.9. The molecule has 0 aliphatic heterocycles. The summed E-state index contributed by atoms with van der Waals surface area (Å²) in [7, 11) is 0. The van der Waals surface area contributed by atoms with Crippen LogP contribution in [-0.4, -0.2) is 37.2 Å². The first-order valence-corrected chi connectivity index (χ1v) is 26.0. The minimum absolute atomic E-state index is 0.0617. The molecule has 0 saturated carbocycles. The Kier molecular flexibility index (Phi) is 46.8. The van der Waals surface area contributed by atoms with Crippen LogP contribution >= 0.6 is 0 Å². The molecule has 0 heterocycles. The van der Waals surface area contributed by atoms with Crippen LogP contribution < -0.4 is 0 Å². The summed E-state index contributed by atoms with van der Waals surface area (Å²) in [5.74, 6) is -0.840. The van der Waals surface area contributed by atoms with E-state index in [4.69, 9.17) is 14.2 Å². The van der Waals surface area contributed by atoms with Crippen LogP contribution in [0, 0.1) is 0 Å². The number of rotatable bonds is 48. The molecule has 344 valence electrons. The molecule has 1 atom stereocenters. The number of hydrogen-bond donors (Lipinski definition) is 0. The van der Waals surface area contributed by atoms with E-state index < -0.39 is 6.10 Å². The Morgan fingerprint density at radius 1 is 0.276 bits per heavy atom. The molecule has 0 aliphatic rings. The van der Waals surface area contributed by atoms with Crippen molar-refractivity contribution >= 4 is 17.9 Å². The zero-order chi connectivity index (χ0) is 42.3. The zero-order valence-electron chi connectivity index (χ0n) is 39.3. The van der Waals surface area contributed by atoms with Gasteiger partial charge in [0.25, 0.3) is 0 Å². The Morgan fingerprint density at radius 3 is 0.690 bits per heavy atom. The van der Waals surface area contributed by atoms with Crippen LogP contribution in [0.1, 0.15) is 297 Å². The average molecular weight is 821 g/mol. The molecule has 6 nitrogen and oxygen atoms in total. The van der Waals surface area contributed by atoms with E-state index in [-0.39, 0.29) is 31.1 Å². The summed E-state index contributed by atoms with van der Waals surface area (Å²) in [5, 5.41) is 0. The summed E-state index contributed by atoms with van der Waals surface area (Å²) in [6, 6.07) is 0. The fourth-order valence-corrected chi connectivity index (χ4v) is 7.92. The molecule has 0 spiro atoms. The molecule has 0 amide bonds. The molecular formula is C52H100O6. The lowest BCUT2D eigenvalue weighted by molar-refractivity contribution is -0.167. The Labute approximate surface area is 361 Å². The van der Waals surface area contributed by atoms with E-state index in [1.807, 2.05) is 0 Å². The SMILES string of the molecule is CCCCCCCCCCCCCCCCC(=O)OC[C@@H](COC(=O)CCCCCCCCCCCCCC)OC(=O)CCCCCCCCCCCCCCCC. The van der Waals surface area contributed by atoms with Crippen molar-refractivity contribution in [3.05, 3.63) is 0 Å². The van der Waals surface area contributed by atoms with Crippen molar-refractivity contribution in [3.8, 4) is 0 Å². The maximum Gasteiger partial charge on any atom is 0.306 e. The van der Waals surface area contributed by atoms with Gasteiger partial charge in [-0.3, -0.25) is 14.4 Å². The van der Waals surface area contributed by atoms with Crippen molar-refractivity contribution in [2.75, 3.05) is 13.2 Å². The lowest BCUT2D eigenvalue weighted by Crippen LogP contribution is -2.30. The van der Waals surface area contributed by atoms with Gasteiger partial charge in [-0.05, 0) is 19.3 Å². The number of carbonyl (C=O) groups excluding carboxylic acids is 3. The van der Waals surface area contributed by atoms with Gasteiger partial charge >= 0.3 is 17.9 Å². The molecular weight excluding hydrogens is 721 g/mol. The van der Waals surface area contributed by atoms with Crippen LogP contribution in [0.5, 0.6) is 0 Å². The Morgan fingerprint density at radius 2 is 0.466 bits per heavy atom. The second-order valence-corrected chi connectivity index (χ2v) is 17.8. The van der Waals surface area contributed by atoms with Gasteiger partial charge in [0.15, 0.2) is 6.10 Å². The Bertz CT molecular complexity index is 859. The van der Waals surface area contributed by atoms with Gasteiger partial charge in [0.05, 0.1) is 0 Å². The number of ether oxygens (including phenoxy) is 3. The first-order valence-electron chi connectivity index (χ1n) is 26.0. The normalized spacial score (nSPS) is 11.8. The monoisotopic (exact) mass is 821 g/mol. The smallest absolute Gasteiger partial charge is 0.306 e.